The molecule has 0 bridgehead atoms. The van der Waals surface area contributed by atoms with Gasteiger partial charge in [0.05, 0.1) is 12.8 Å². The Kier molecular flexibility index (Phi) is 5.87. The fourth-order valence-electron chi connectivity index (χ4n) is 2.43. The van der Waals surface area contributed by atoms with Crippen LogP contribution < -0.4 is 14.8 Å². The van der Waals surface area contributed by atoms with Crippen molar-refractivity contribution < 1.29 is 18.7 Å². The van der Waals surface area contributed by atoms with Gasteiger partial charge >= 0.3 is 0 Å². The van der Waals surface area contributed by atoms with Gasteiger partial charge in [-0.2, -0.15) is 0 Å². The number of ether oxygens (including phenoxy) is 2. The van der Waals surface area contributed by atoms with Crippen LogP contribution in [0.15, 0.2) is 52.9 Å². The summed E-state index contributed by atoms with van der Waals surface area (Å²) in [5, 5.41) is 6.97. The number of hydrogen-bond donors (Lipinski definition) is 1. The van der Waals surface area contributed by atoms with Gasteiger partial charge < -0.3 is 19.2 Å². The first-order valence-electron chi connectivity index (χ1n) is 8.24. The number of carbonyl (C=O) groups excluding carboxylic acids is 1. The average molecular weight is 385 g/mol. The van der Waals surface area contributed by atoms with Gasteiger partial charge in [-0.1, -0.05) is 24.3 Å². The Morgan fingerprint density at radius 2 is 2.07 bits per heavy atom. The number of hydrogen-bond acceptors (Lipinski definition) is 6. The average Bonchev–Trinajstić information content (AvgIpc) is 3.00. The van der Waals surface area contributed by atoms with Gasteiger partial charge in [0.25, 0.3) is 10.7 Å². The molecule has 1 aromatic heterocycles. The van der Waals surface area contributed by atoms with Crippen LogP contribution in [-0.4, -0.2) is 22.8 Å². The van der Waals surface area contributed by atoms with E-state index in [0.717, 1.165) is 5.56 Å². The molecule has 1 N–H and O–H groups in total. The van der Waals surface area contributed by atoms with Crippen LogP contribution in [0.25, 0.3) is 0 Å². The molecule has 3 rings (SSSR count). The number of aromatic nitrogens is 2. The molecule has 2 aromatic carbocycles. The molecule has 0 atom stereocenters. The van der Waals surface area contributed by atoms with Crippen LogP contribution in [0.4, 0.5) is 5.69 Å². The third-order valence-corrected chi connectivity index (χ3v) is 3.97. The number of nitrogens with zero attached hydrogens (tertiary/aromatic N) is 2. The van der Waals surface area contributed by atoms with E-state index in [1.807, 2.05) is 37.3 Å². The topological polar surface area (TPSA) is 78.5 Å². The smallest absolute Gasteiger partial charge is 0.287 e. The third-order valence-electron chi connectivity index (χ3n) is 3.67. The number of anilines is 1. The number of carbonyl (C=O) groups is 1. The van der Waals surface area contributed by atoms with Crippen molar-refractivity contribution in [3.05, 3.63) is 64.8 Å². The zero-order valence-electron chi connectivity index (χ0n) is 15.0. The second-order valence-corrected chi connectivity index (χ2v) is 6.12. The molecule has 0 aliphatic rings. The Bertz CT molecular complexity index is 996. The second-order valence-electron chi connectivity index (χ2n) is 5.77. The molecular weight excluding hydrogens is 366 g/mol. The lowest BCUT2D eigenvalue weighted by molar-refractivity contribution is -0.117. The van der Waals surface area contributed by atoms with Gasteiger partial charge in [0.15, 0.2) is 6.61 Å². The monoisotopic (exact) mass is 385 g/mol. The van der Waals surface area contributed by atoms with Crippen molar-refractivity contribution in [2.24, 2.45) is 0 Å². The van der Waals surface area contributed by atoms with Crippen LogP contribution in [0.2, 0.25) is 0 Å². The van der Waals surface area contributed by atoms with Crippen LogP contribution in [0.5, 0.6) is 11.5 Å². The summed E-state index contributed by atoms with van der Waals surface area (Å²) in [6.07, 6.45) is 0. The molecule has 1 heterocycles. The molecule has 0 saturated heterocycles. The maximum Gasteiger partial charge on any atom is 0.287 e. The first-order chi connectivity index (χ1) is 13.0. The van der Waals surface area contributed by atoms with Gasteiger partial charge in [0, 0.05) is 0 Å². The molecular formula is C19H19N3O4S. The van der Waals surface area contributed by atoms with Gasteiger partial charge in [0.2, 0.25) is 5.91 Å². The SMILES string of the molecule is COc1ccccc1NC(=O)Cn1nc(COc2cccc(C)c2)oc1=S. The maximum atomic E-state index is 12.3. The van der Waals surface area contributed by atoms with Crippen LogP contribution in [0.1, 0.15) is 11.5 Å². The fraction of sp³-hybridized carbons (Fsp3) is 0.211. The number of methoxy groups -OCH3 is 1. The highest BCUT2D eigenvalue weighted by Crippen LogP contribution is 2.23. The highest BCUT2D eigenvalue weighted by Gasteiger charge is 2.12. The van der Waals surface area contributed by atoms with Gasteiger partial charge in [-0.3, -0.25) is 4.79 Å². The standard InChI is InChI=1S/C19H19N3O4S/c1-13-6-5-7-14(10-13)25-12-18-21-22(19(27)26-18)11-17(23)20-15-8-3-4-9-16(15)24-2/h3-10H,11-12H2,1-2H3,(H,20,23). The van der Waals surface area contributed by atoms with Crippen molar-refractivity contribution in [3.8, 4) is 11.5 Å². The van der Waals surface area contributed by atoms with Gasteiger partial charge in [0.1, 0.15) is 18.0 Å². The first kappa shape index (κ1) is 18.7. The molecule has 0 aliphatic carbocycles. The largest absolute Gasteiger partial charge is 0.495 e. The number of rotatable bonds is 7. The molecule has 140 valence electrons. The lowest BCUT2D eigenvalue weighted by atomic mass is 10.2. The summed E-state index contributed by atoms with van der Waals surface area (Å²) in [4.78, 5) is 12.4. The van der Waals surface area contributed by atoms with Crippen molar-refractivity contribution in [2.45, 2.75) is 20.1 Å². The normalized spacial score (nSPS) is 10.4. The van der Waals surface area contributed by atoms with E-state index in [0.29, 0.717) is 23.1 Å². The summed E-state index contributed by atoms with van der Waals surface area (Å²) >= 11 is 5.13. The van der Waals surface area contributed by atoms with Crippen molar-refractivity contribution in [1.29, 1.82) is 0 Å². The number of amides is 1. The summed E-state index contributed by atoms with van der Waals surface area (Å²) in [7, 11) is 1.54. The predicted molar refractivity (Wildman–Crippen MR) is 102 cm³/mol. The van der Waals surface area contributed by atoms with Crippen molar-refractivity contribution >= 4 is 23.8 Å². The third kappa shape index (κ3) is 4.95. The summed E-state index contributed by atoms with van der Waals surface area (Å²) < 4.78 is 17.6. The van der Waals surface area contributed by atoms with Crippen LogP contribution in [-0.2, 0) is 17.9 Å². The molecule has 0 spiro atoms. The van der Waals surface area contributed by atoms with E-state index in [-0.39, 0.29) is 23.9 Å². The maximum absolute atomic E-state index is 12.3. The molecule has 8 heteroatoms. The molecule has 0 saturated carbocycles. The number of nitrogens with one attached hydrogen (secondary N) is 1. The summed E-state index contributed by atoms with van der Waals surface area (Å²) in [6.45, 7) is 2.02. The van der Waals surface area contributed by atoms with E-state index in [4.69, 9.17) is 26.1 Å². The first-order valence-corrected chi connectivity index (χ1v) is 8.65. The lowest BCUT2D eigenvalue weighted by Crippen LogP contribution is -2.20. The molecule has 27 heavy (non-hydrogen) atoms. The Morgan fingerprint density at radius 3 is 2.85 bits per heavy atom. The van der Waals surface area contributed by atoms with Gasteiger partial charge in [-0.25, -0.2) is 4.68 Å². The van der Waals surface area contributed by atoms with Crippen molar-refractivity contribution in [2.75, 3.05) is 12.4 Å². The zero-order valence-corrected chi connectivity index (χ0v) is 15.8. The quantitative estimate of drug-likeness (QED) is 0.624. The van der Waals surface area contributed by atoms with Crippen LogP contribution >= 0.6 is 12.2 Å². The molecule has 1 amide bonds. The van der Waals surface area contributed by atoms with E-state index in [9.17, 15) is 4.79 Å². The van der Waals surface area contributed by atoms with Gasteiger partial charge in [-0.05, 0) is 49.0 Å². The number of benzene rings is 2. The zero-order chi connectivity index (χ0) is 19.2. The number of para-hydroxylation sites is 2. The second kappa shape index (κ2) is 8.50. The Hall–Kier alpha value is -3.13. The highest BCUT2D eigenvalue weighted by molar-refractivity contribution is 7.71. The Morgan fingerprint density at radius 1 is 1.26 bits per heavy atom. The summed E-state index contributed by atoms with van der Waals surface area (Å²) in [6, 6.07) is 14.8. The minimum atomic E-state index is -0.296. The van der Waals surface area contributed by atoms with E-state index >= 15 is 0 Å². The predicted octanol–water partition coefficient (Wildman–Crippen LogP) is 3.74. The number of aryl methyl sites for hydroxylation is 1. The summed E-state index contributed by atoms with van der Waals surface area (Å²) in [5.74, 6) is 1.28. The Balaban J connectivity index is 1.62. The lowest BCUT2D eigenvalue weighted by Gasteiger charge is -2.09. The summed E-state index contributed by atoms with van der Waals surface area (Å²) in [5.41, 5.74) is 1.66. The highest BCUT2D eigenvalue weighted by atomic mass is 32.1. The van der Waals surface area contributed by atoms with Crippen molar-refractivity contribution in [1.82, 2.24) is 9.78 Å². The fourth-order valence-corrected chi connectivity index (χ4v) is 2.63. The van der Waals surface area contributed by atoms with E-state index in [1.54, 1.807) is 25.3 Å². The van der Waals surface area contributed by atoms with E-state index in [2.05, 4.69) is 10.4 Å². The minimum absolute atomic E-state index is 0.0785. The van der Waals surface area contributed by atoms with Gasteiger partial charge in [-0.15, -0.1) is 5.10 Å². The Labute approximate surface area is 161 Å². The molecule has 0 radical (unpaired) electrons. The molecule has 3 aromatic rings. The molecule has 0 unspecified atom stereocenters. The molecule has 0 fully saturated rings. The molecule has 0 aliphatic heterocycles. The van der Waals surface area contributed by atoms with Crippen molar-refractivity contribution in [3.63, 3.8) is 0 Å². The van der Waals surface area contributed by atoms with Crippen LogP contribution in [0, 0.1) is 11.8 Å². The minimum Gasteiger partial charge on any atom is -0.495 e. The molecule has 7 nitrogen and oxygen atoms in total. The van der Waals surface area contributed by atoms with Crippen LogP contribution in [0.3, 0.4) is 0 Å². The van der Waals surface area contributed by atoms with E-state index in [1.165, 1.54) is 4.68 Å². The van der Waals surface area contributed by atoms with E-state index < -0.39 is 0 Å².